The van der Waals surface area contributed by atoms with Crippen LogP contribution in [0.2, 0.25) is 0 Å². The zero-order valence-corrected chi connectivity index (χ0v) is 14.3. The van der Waals surface area contributed by atoms with Gasteiger partial charge in [-0.15, -0.1) is 0 Å². The molecule has 1 unspecified atom stereocenters. The van der Waals surface area contributed by atoms with Crippen molar-refractivity contribution in [2.45, 2.75) is 20.3 Å². The Morgan fingerprint density at radius 3 is 2.33 bits per heavy atom. The van der Waals surface area contributed by atoms with E-state index in [0.29, 0.717) is 13.0 Å². The molecule has 1 rings (SSSR count). The largest absolute Gasteiger partial charge is 0.493 e. The van der Waals surface area contributed by atoms with Crippen molar-refractivity contribution in [3.8, 4) is 5.75 Å². The summed E-state index contributed by atoms with van der Waals surface area (Å²) in [5.41, 5.74) is 0. The third-order valence-corrected chi connectivity index (χ3v) is 3.33. The Morgan fingerprint density at radius 1 is 1.10 bits per heavy atom. The van der Waals surface area contributed by atoms with Gasteiger partial charge in [-0.05, 0) is 60.7 Å². The van der Waals surface area contributed by atoms with Crippen molar-refractivity contribution in [1.82, 2.24) is 0 Å². The molecule has 0 saturated carbocycles. The zero-order valence-electron chi connectivity index (χ0n) is 12.1. The van der Waals surface area contributed by atoms with E-state index in [0.717, 1.165) is 9.32 Å². The Balaban J connectivity index is 2.17. The van der Waals surface area contributed by atoms with Crippen molar-refractivity contribution in [3.63, 3.8) is 0 Å². The topological polar surface area (TPSA) is 61.8 Å². The molecular formula is C15H19IO5. The van der Waals surface area contributed by atoms with Crippen LogP contribution in [-0.2, 0) is 19.1 Å². The Bertz CT molecular complexity index is 458. The molecule has 5 nitrogen and oxygen atoms in total. The van der Waals surface area contributed by atoms with Crippen LogP contribution in [-0.4, -0.2) is 31.8 Å². The van der Waals surface area contributed by atoms with Gasteiger partial charge in [-0.2, -0.15) is 0 Å². The molecule has 0 aliphatic carbocycles. The standard InChI is InChI=1S/C15H19IO5/c1-3-19-14(17)11(2)15(18)21-10-4-9-20-13-7-5-12(16)6-8-13/h5-8,11H,3-4,9-10H2,1-2H3. The summed E-state index contributed by atoms with van der Waals surface area (Å²) < 4.78 is 16.4. The Morgan fingerprint density at radius 2 is 1.71 bits per heavy atom. The minimum Gasteiger partial charge on any atom is -0.493 e. The number of benzene rings is 1. The SMILES string of the molecule is CCOC(=O)C(C)C(=O)OCCCOc1ccc(I)cc1. The monoisotopic (exact) mass is 406 g/mol. The second-order valence-corrected chi connectivity index (χ2v) is 5.54. The summed E-state index contributed by atoms with van der Waals surface area (Å²) >= 11 is 2.22. The van der Waals surface area contributed by atoms with Crippen LogP contribution < -0.4 is 4.74 Å². The normalized spacial score (nSPS) is 11.6. The Hall–Kier alpha value is -1.31. The van der Waals surface area contributed by atoms with Gasteiger partial charge >= 0.3 is 11.9 Å². The first-order valence-electron chi connectivity index (χ1n) is 6.76. The molecule has 21 heavy (non-hydrogen) atoms. The molecule has 0 N–H and O–H groups in total. The van der Waals surface area contributed by atoms with E-state index in [4.69, 9.17) is 14.2 Å². The van der Waals surface area contributed by atoms with E-state index < -0.39 is 17.9 Å². The average Bonchev–Trinajstić information content (AvgIpc) is 2.48. The summed E-state index contributed by atoms with van der Waals surface area (Å²) in [5, 5.41) is 0. The number of hydrogen-bond acceptors (Lipinski definition) is 5. The Labute approximate surface area is 138 Å². The molecule has 0 aliphatic heterocycles. The summed E-state index contributed by atoms with van der Waals surface area (Å²) in [6.45, 7) is 4.08. The highest BCUT2D eigenvalue weighted by molar-refractivity contribution is 14.1. The van der Waals surface area contributed by atoms with E-state index in [1.165, 1.54) is 6.92 Å². The first kappa shape index (κ1) is 17.7. The van der Waals surface area contributed by atoms with Crippen LogP contribution in [0.1, 0.15) is 20.3 Å². The molecule has 0 aromatic heterocycles. The highest BCUT2D eigenvalue weighted by Gasteiger charge is 2.23. The van der Waals surface area contributed by atoms with Gasteiger partial charge in [0.05, 0.1) is 19.8 Å². The predicted molar refractivity (Wildman–Crippen MR) is 86.0 cm³/mol. The molecule has 116 valence electrons. The third kappa shape index (κ3) is 6.79. The Kier molecular flexibility index (Phi) is 8.11. The maximum atomic E-state index is 11.6. The second kappa shape index (κ2) is 9.59. The molecule has 0 spiro atoms. The number of carbonyl (C=O) groups is 2. The van der Waals surface area contributed by atoms with Crippen LogP contribution in [0, 0.1) is 9.49 Å². The number of hydrogen-bond donors (Lipinski definition) is 0. The van der Waals surface area contributed by atoms with Crippen molar-refractivity contribution in [2.75, 3.05) is 19.8 Å². The fourth-order valence-corrected chi connectivity index (χ4v) is 1.80. The molecule has 1 aromatic rings. The van der Waals surface area contributed by atoms with Gasteiger partial charge in [-0.1, -0.05) is 0 Å². The van der Waals surface area contributed by atoms with Gasteiger partial charge in [0, 0.05) is 9.99 Å². The van der Waals surface area contributed by atoms with Crippen molar-refractivity contribution < 1.29 is 23.8 Å². The average molecular weight is 406 g/mol. The van der Waals surface area contributed by atoms with Crippen LogP contribution in [0.15, 0.2) is 24.3 Å². The van der Waals surface area contributed by atoms with Crippen LogP contribution in [0.5, 0.6) is 5.75 Å². The molecule has 0 heterocycles. The van der Waals surface area contributed by atoms with Crippen LogP contribution in [0.25, 0.3) is 0 Å². The fraction of sp³-hybridized carbons (Fsp3) is 0.467. The van der Waals surface area contributed by atoms with Gasteiger partial charge < -0.3 is 14.2 Å². The lowest BCUT2D eigenvalue weighted by atomic mass is 10.2. The second-order valence-electron chi connectivity index (χ2n) is 4.30. The lowest BCUT2D eigenvalue weighted by molar-refractivity contribution is -0.161. The molecule has 0 radical (unpaired) electrons. The molecular weight excluding hydrogens is 387 g/mol. The van der Waals surface area contributed by atoms with Crippen LogP contribution >= 0.6 is 22.6 Å². The van der Waals surface area contributed by atoms with Gasteiger partial charge in [0.2, 0.25) is 0 Å². The van der Waals surface area contributed by atoms with Gasteiger partial charge in [0.1, 0.15) is 5.75 Å². The van der Waals surface area contributed by atoms with Gasteiger partial charge in [0.15, 0.2) is 5.92 Å². The summed E-state index contributed by atoms with van der Waals surface area (Å²) in [5.74, 6) is -1.23. The molecule has 6 heteroatoms. The maximum Gasteiger partial charge on any atom is 0.320 e. The number of halogens is 1. The van der Waals surface area contributed by atoms with Gasteiger partial charge in [0.25, 0.3) is 0 Å². The molecule has 0 amide bonds. The van der Waals surface area contributed by atoms with Gasteiger partial charge in [-0.25, -0.2) is 0 Å². The van der Waals surface area contributed by atoms with Crippen molar-refractivity contribution in [1.29, 1.82) is 0 Å². The minimum absolute atomic E-state index is 0.215. The first-order valence-corrected chi connectivity index (χ1v) is 7.84. The van der Waals surface area contributed by atoms with Crippen molar-refractivity contribution >= 4 is 34.5 Å². The van der Waals surface area contributed by atoms with E-state index >= 15 is 0 Å². The molecule has 1 atom stereocenters. The molecule has 0 aliphatic rings. The smallest absolute Gasteiger partial charge is 0.320 e. The fourth-order valence-electron chi connectivity index (χ4n) is 1.44. The van der Waals surface area contributed by atoms with Crippen LogP contribution in [0.3, 0.4) is 0 Å². The summed E-state index contributed by atoms with van der Waals surface area (Å²) in [6, 6.07) is 7.68. The number of ether oxygens (including phenoxy) is 3. The zero-order chi connectivity index (χ0) is 15.7. The lowest BCUT2D eigenvalue weighted by Crippen LogP contribution is -2.25. The summed E-state index contributed by atoms with van der Waals surface area (Å²) in [4.78, 5) is 22.9. The summed E-state index contributed by atoms with van der Waals surface area (Å²) in [6.07, 6.45) is 0.563. The van der Waals surface area contributed by atoms with E-state index in [2.05, 4.69) is 22.6 Å². The van der Waals surface area contributed by atoms with Gasteiger partial charge in [-0.3, -0.25) is 9.59 Å². The number of esters is 2. The quantitative estimate of drug-likeness (QED) is 0.288. The number of rotatable bonds is 8. The molecule has 1 aromatic carbocycles. The summed E-state index contributed by atoms with van der Waals surface area (Å²) in [7, 11) is 0. The lowest BCUT2D eigenvalue weighted by Gasteiger charge is -2.11. The molecule has 0 fully saturated rings. The van der Waals surface area contributed by atoms with E-state index in [-0.39, 0.29) is 13.2 Å². The highest BCUT2D eigenvalue weighted by Crippen LogP contribution is 2.13. The predicted octanol–water partition coefficient (Wildman–Crippen LogP) is 2.80. The highest BCUT2D eigenvalue weighted by atomic mass is 127. The number of carbonyl (C=O) groups excluding carboxylic acids is 2. The molecule has 0 saturated heterocycles. The van der Waals surface area contributed by atoms with Crippen molar-refractivity contribution in [2.24, 2.45) is 5.92 Å². The minimum atomic E-state index is -0.887. The third-order valence-electron chi connectivity index (χ3n) is 2.61. The molecule has 0 bridgehead atoms. The van der Waals surface area contributed by atoms with E-state index in [9.17, 15) is 9.59 Å². The maximum absolute atomic E-state index is 11.6. The first-order chi connectivity index (χ1) is 10.0. The van der Waals surface area contributed by atoms with E-state index in [1.54, 1.807) is 6.92 Å². The van der Waals surface area contributed by atoms with Crippen molar-refractivity contribution in [3.05, 3.63) is 27.8 Å². The van der Waals surface area contributed by atoms with Crippen LogP contribution in [0.4, 0.5) is 0 Å². The van der Waals surface area contributed by atoms with E-state index in [1.807, 2.05) is 24.3 Å².